The van der Waals surface area contributed by atoms with E-state index in [0.717, 1.165) is 23.0 Å². The molecular weight excluding hydrogens is 364 g/mol. The molecule has 142 valence electrons. The summed E-state index contributed by atoms with van der Waals surface area (Å²) in [6.07, 6.45) is 2.52. The lowest BCUT2D eigenvalue weighted by Crippen LogP contribution is -2.43. The minimum absolute atomic E-state index is 0.0456. The summed E-state index contributed by atoms with van der Waals surface area (Å²) in [6.45, 7) is 4.12. The predicted molar refractivity (Wildman–Crippen MR) is 103 cm³/mol. The van der Waals surface area contributed by atoms with Crippen LogP contribution in [-0.2, 0) is 21.4 Å². The zero-order valence-electron chi connectivity index (χ0n) is 15.2. The van der Waals surface area contributed by atoms with Crippen molar-refractivity contribution >= 4 is 27.0 Å². The lowest BCUT2D eigenvalue weighted by atomic mass is 9.99. The van der Waals surface area contributed by atoms with Gasteiger partial charge in [-0.15, -0.1) is 4.83 Å². The maximum Gasteiger partial charge on any atom is 0.257 e. The Balaban J connectivity index is 1.63. The summed E-state index contributed by atoms with van der Waals surface area (Å²) in [5.41, 5.74) is 4.90. The van der Waals surface area contributed by atoms with Crippen molar-refractivity contribution in [3.63, 3.8) is 0 Å². The number of sulfonamides is 1. The van der Waals surface area contributed by atoms with Gasteiger partial charge in [-0.05, 0) is 42.2 Å². The molecule has 1 atom stereocenters. The van der Waals surface area contributed by atoms with Crippen LogP contribution in [0.25, 0.3) is 11.0 Å². The number of hydrogen-bond acceptors (Lipinski definition) is 4. The van der Waals surface area contributed by atoms with Gasteiger partial charge in [-0.3, -0.25) is 10.2 Å². The number of nitrogens with one attached hydrogen (secondary N) is 2. The van der Waals surface area contributed by atoms with Crippen LogP contribution in [0.1, 0.15) is 31.7 Å². The van der Waals surface area contributed by atoms with Crippen molar-refractivity contribution in [2.75, 3.05) is 0 Å². The van der Waals surface area contributed by atoms with E-state index in [4.69, 9.17) is 0 Å². The third-order valence-corrected chi connectivity index (χ3v) is 5.80. The quantitative estimate of drug-likeness (QED) is 0.610. The Labute approximate surface area is 158 Å². The molecule has 0 saturated carbocycles. The van der Waals surface area contributed by atoms with Gasteiger partial charge in [0, 0.05) is 0 Å². The van der Waals surface area contributed by atoms with Crippen molar-refractivity contribution < 1.29 is 13.2 Å². The summed E-state index contributed by atoms with van der Waals surface area (Å²) in [5, 5.41) is 0. The Hall–Kier alpha value is -2.71. The van der Waals surface area contributed by atoms with Gasteiger partial charge in [-0.2, -0.15) is 0 Å². The molecule has 0 aliphatic heterocycles. The van der Waals surface area contributed by atoms with Crippen LogP contribution in [0.15, 0.2) is 59.8 Å². The molecule has 8 heteroatoms. The number of hydrazine groups is 1. The van der Waals surface area contributed by atoms with E-state index in [0.29, 0.717) is 5.92 Å². The molecular formula is C19H22N4O3S. The molecule has 1 heterocycles. The minimum atomic E-state index is -3.83. The van der Waals surface area contributed by atoms with Gasteiger partial charge in [0.15, 0.2) is 0 Å². The first-order valence-corrected chi connectivity index (χ1v) is 10.2. The van der Waals surface area contributed by atoms with Crippen LogP contribution >= 0.6 is 0 Å². The number of amides is 1. The third-order valence-electron chi connectivity index (χ3n) is 4.54. The molecule has 0 aliphatic rings. The largest absolute Gasteiger partial charge is 0.321 e. The molecule has 0 unspecified atom stereocenters. The maximum atomic E-state index is 12.4. The number of rotatable bonds is 7. The highest BCUT2D eigenvalue weighted by atomic mass is 32.2. The van der Waals surface area contributed by atoms with Gasteiger partial charge in [-0.25, -0.2) is 13.4 Å². The van der Waals surface area contributed by atoms with Crippen molar-refractivity contribution in [2.24, 2.45) is 0 Å². The SMILES string of the molecule is CC[C@@H](C)c1ccc(S(=O)(=O)NNC(=O)Cn2cnc3ccccc32)cc1. The highest BCUT2D eigenvalue weighted by Gasteiger charge is 2.16. The number of nitrogens with zero attached hydrogens (tertiary/aromatic N) is 2. The summed E-state index contributed by atoms with van der Waals surface area (Å²) >= 11 is 0. The predicted octanol–water partition coefficient (Wildman–Crippen LogP) is 2.56. The smallest absolute Gasteiger partial charge is 0.257 e. The number of imidazole rings is 1. The summed E-state index contributed by atoms with van der Waals surface area (Å²) in [5.74, 6) is -0.127. The zero-order chi connectivity index (χ0) is 19.4. The average molecular weight is 386 g/mol. The number of aromatic nitrogens is 2. The van der Waals surface area contributed by atoms with Crippen LogP contribution in [0.4, 0.5) is 0 Å². The second-order valence-corrected chi connectivity index (χ2v) is 8.08. The minimum Gasteiger partial charge on any atom is -0.321 e. The van der Waals surface area contributed by atoms with Crippen molar-refractivity contribution in [1.82, 2.24) is 19.8 Å². The molecule has 27 heavy (non-hydrogen) atoms. The van der Waals surface area contributed by atoms with Gasteiger partial charge >= 0.3 is 0 Å². The van der Waals surface area contributed by atoms with Crippen LogP contribution < -0.4 is 10.3 Å². The van der Waals surface area contributed by atoms with E-state index in [1.54, 1.807) is 35.2 Å². The fourth-order valence-corrected chi connectivity index (χ4v) is 3.59. The second-order valence-electron chi connectivity index (χ2n) is 6.39. The van der Waals surface area contributed by atoms with E-state index < -0.39 is 15.9 Å². The lowest BCUT2D eigenvalue weighted by Gasteiger charge is -2.11. The van der Waals surface area contributed by atoms with Crippen LogP contribution in [0, 0.1) is 0 Å². The maximum absolute atomic E-state index is 12.4. The van der Waals surface area contributed by atoms with Crippen LogP contribution in [0.3, 0.4) is 0 Å². The van der Waals surface area contributed by atoms with E-state index in [-0.39, 0.29) is 11.4 Å². The van der Waals surface area contributed by atoms with Gasteiger partial charge in [0.05, 0.1) is 22.3 Å². The molecule has 0 radical (unpaired) electrons. The fraction of sp³-hybridized carbons (Fsp3) is 0.263. The van der Waals surface area contributed by atoms with E-state index in [1.807, 2.05) is 24.3 Å². The van der Waals surface area contributed by atoms with Gasteiger partial charge in [-0.1, -0.05) is 38.1 Å². The molecule has 0 saturated heterocycles. The first kappa shape index (κ1) is 19.1. The van der Waals surface area contributed by atoms with Crippen molar-refractivity contribution in [3.05, 3.63) is 60.4 Å². The number of carbonyl (C=O) groups is 1. The van der Waals surface area contributed by atoms with E-state index in [1.165, 1.54) is 0 Å². The average Bonchev–Trinajstić information content (AvgIpc) is 3.09. The van der Waals surface area contributed by atoms with Crippen molar-refractivity contribution in [3.8, 4) is 0 Å². The van der Waals surface area contributed by atoms with Gasteiger partial charge in [0.1, 0.15) is 6.54 Å². The molecule has 0 spiro atoms. The van der Waals surface area contributed by atoms with Gasteiger partial charge in [0.2, 0.25) is 0 Å². The molecule has 0 fully saturated rings. The summed E-state index contributed by atoms with van der Waals surface area (Å²) in [6, 6.07) is 14.1. The Morgan fingerprint density at radius 2 is 1.85 bits per heavy atom. The molecule has 1 amide bonds. The standard InChI is InChI=1S/C19H22N4O3S/c1-3-14(2)15-8-10-16(11-9-15)27(25,26)22-21-19(24)12-23-13-20-17-6-4-5-7-18(17)23/h4-11,13-14,22H,3,12H2,1-2H3,(H,21,24)/t14-/m1/s1. The van der Waals surface area contributed by atoms with E-state index >= 15 is 0 Å². The Bertz CT molecular complexity index is 1040. The topological polar surface area (TPSA) is 93.1 Å². The number of hydrogen-bond donors (Lipinski definition) is 2. The van der Waals surface area contributed by atoms with Gasteiger partial charge < -0.3 is 4.57 Å². The Kier molecular flexibility index (Phi) is 5.57. The summed E-state index contributed by atoms with van der Waals surface area (Å²) < 4.78 is 26.4. The molecule has 2 N–H and O–H groups in total. The monoisotopic (exact) mass is 386 g/mol. The fourth-order valence-electron chi connectivity index (χ4n) is 2.72. The lowest BCUT2D eigenvalue weighted by molar-refractivity contribution is -0.122. The third kappa shape index (κ3) is 4.35. The normalized spacial score (nSPS) is 12.8. The van der Waals surface area contributed by atoms with E-state index in [2.05, 4.69) is 29.1 Å². The van der Waals surface area contributed by atoms with Crippen molar-refractivity contribution in [2.45, 2.75) is 37.6 Å². The van der Waals surface area contributed by atoms with Crippen molar-refractivity contribution in [1.29, 1.82) is 0 Å². The van der Waals surface area contributed by atoms with Crippen LogP contribution in [0.2, 0.25) is 0 Å². The highest BCUT2D eigenvalue weighted by Crippen LogP contribution is 2.20. The number of fused-ring (bicyclic) bond motifs is 1. The van der Waals surface area contributed by atoms with Crippen LogP contribution in [-0.4, -0.2) is 23.9 Å². The second kappa shape index (κ2) is 7.89. The number of para-hydroxylation sites is 2. The molecule has 1 aromatic heterocycles. The first-order chi connectivity index (χ1) is 12.9. The van der Waals surface area contributed by atoms with Crippen LogP contribution in [0.5, 0.6) is 0 Å². The van der Waals surface area contributed by atoms with E-state index in [9.17, 15) is 13.2 Å². The molecule has 3 rings (SSSR count). The Morgan fingerprint density at radius 3 is 2.56 bits per heavy atom. The molecule has 3 aromatic rings. The van der Waals surface area contributed by atoms with Gasteiger partial charge in [0.25, 0.3) is 15.9 Å². The molecule has 0 aliphatic carbocycles. The number of carbonyl (C=O) groups excluding carboxylic acids is 1. The highest BCUT2D eigenvalue weighted by molar-refractivity contribution is 7.89. The molecule has 7 nitrogen and oxygen atoms in total. The number of benzene rings is 2. The Morgan fingerprint density at radius 1 is 1.15 bits per heavy atom. The zero-order valence-corrected chi connectivity index (χ0v) is 16.0. The summed E-state index contributed by atoms with van der Waals surface area (Å²) in [4.78, 5) is 18.6. The first-order valence-electron chi connectivity index (χ1n) is 8.71. The molecule has 2 aromatic carbocycles. The summed E-state index contributed by atoms with van der Waals surface area (Å²) in [7, 11) is -3.83. The molecule has 0 bridgehead atoms.